The number of aryl methyl sites for hydroxylation is 1. The number of urea groups is 1. The molecule has 2 aromatic rings. The lowest BCUT2D eigenvalue weighted by molar-refractivity contribution is 0.174. The molecular formula is C17H25N5O2. The molecule has 24 heavy (non-hydrogen) atoms. The maximum atomic E-state index is 11.9. The van der Waals surface area contributed by atoms with E-state index in [-0.39, 0.29) is 12.6 Å². The summed E-state index contributed by atoms with van der Waals surface area (Å²) in [6, 6.07) is 7.21. The summed E-state index contributed by atoms with van der Waals surface area (Å²) < 4.78 is 1.78. The van der Waals surface area contributed by atoms with Gasteiger partial charge in [-0.3, -0.25) is 4.68 Å². The van der Waals surface area contributed by atoms with Crippen LogP contribution in [-0.2, 0) is 6.54 Å². The number of carbonyl (C=O) groups is 1. The molecule has 7 heteroatoms. The van der Waals surface area contributed by atoms with Crippen LogP contribution < -0.4 is 10.6 Å². The van der Waals surface area contributed by atoms with E-state index in [4.69, 9.17) is 0 Å². The smallest absolute Gasteiger partial charge is 0.319 e. The van der Waals surface area contributed by atoms with E-state index in [0.717, 1.165) is 24.2 Å². The number of aromatic nitrogens is 2. The molecular weight excluding hydrogens is 306 g/mol. The van der Waals surface area contributed by atoms with Crippen LogP contribution in [0.15, 0.2) is 36.7 Å². The largest absolute Gasteiger partial charge is 0.387 e. The summed E-state index contributed by atoms with van der Waals surface area (Å²) in [5, 5.41) is 19.8. The number of likely N-dealkylation sites (N-methyl/N-ethyl adjacent to an activating group) is 1. The fourth-order valence-electron chi connectivity index (χ4n) is 2.29. The Hall–Kier alpha value is -2.38. The van der Waals surface area contributed by atoms with Gasteiger partial charge in [-0.25, -0.2) is 4.79 Å². The van der Waals surface area contributed by atoms with Crippen LogP contribution in [0.4, 0.5) is 10.5 Å². The number of nitrogens with one attached hydrogen (secondary N) is 2. The second-order valence-electron chi connectivity index (χ2n) is 6.00. The number of hydrogen-bond acceptors (Lipinski definition) is 4. The molecule has 0 aliphatic heterocycles. The molecule has 1 heterocycles. The second kappa shape index (κ2) is 8.47. The van der Waals surface area contributed by atoms with E-state index >= 15 is 0 Å². The minimum absolute atomic E-state index is 0.144. The third-order valence-corrected chi connectivity index (χ3v) is 3.67. The zero-order valence-electron chi connectivity index (χ0n) is 14.4. The lowest BCUT2D eigenvalue weighted by Crippen LogP contribution is -2.32. The minimum atomic E-state index is -0.736. The van der Waals surface area contributed by atoms with Gasteiger partial charge in [0.1, 0.15) is 0 Å². The van der Waals surface area contributed by atoms with Gasteiger partial charge in [-0.15, -0.1) is 0 Å². The molecule has 7 nitrogen and oxygen atoms in total. The van der Waals surface area contributed by atoms with Gasteiger partial charge in [0.2, 0.25) is 0 Å². The van der Waals surface area contributed by atoms with E-state index in [1.807, 2.05) is 45.3 Å². The average Bonchev–Trinajstić information content (AvgIpc) is 2.98. The van der Waals surface area contributed by atoms with Crippen LogP contribution in [0, 0.1) is 6.92 Å². The van der Waals surface area contributed by atoms with Gasteiger partial charge in [-0.05, 0) is 32.1 Å². The molecule has 0 bridgehead atoms. The Labute approximate surface area is 142 Å². The predicted octanol–water partition coefficient (Wildman–Crippen LogP) is 1.61. The topological polar surface area (TPSA) is 82.4 Å². The number of nitrogens with zero attached hydrogens (tertiary/aromatic N) is 3. The summed E-state index contributed by atoms with van der Waals surface area (Å²) >= 11 is 0. The van der Waals surface area contributed by atoms with E-state index in [1.165, 1.54) is 0 Å². The highest BCUT2D eigenvalue weighted by Crippen LogP contribution is 2.16. The summed E-state index contributed by atoms with van der Waals surface area (Å²) in [5.41, 5.74) is 2.43. The fraction of sp³-hybridized carbons (Fsp3) is 0.412. The molecule has 1 unspecified atom stereocenters. The van der Waals surface area contributed by atoms with Gasteiger partial charge >= 0.3 is 6.03 Å². The van der Waals surface area contributed by atoms with E-state index < -0.39 is 6.10 Å². The molecule has 0 saturated carbocycles. The van der Waals surface area contributed by atoms with Crippen LogP contribution >= 0.6 is 0 Å². The van der Waals surface area contributed by atoms with Gasteiger partial charge in [-0.1, -0.05) is 24.3 Å². The van der Waals surface area contributed by atoms with Gasteiger partial charge in [0.05, 0.1) is 24.5 Å². The number of anilines is 1. The van der Waals surface area contributed by atoms with Crippen LogP contribution in [0.3, 0.4) is 0 Å². The zero-order valence-corrected chi connectivity index (χ0v) is 14.4. The third-order valence-electron chi connectivity index (χ3n) is 3.67. The summed E-state index contributed by atoms with van der Waals surface area (Å²) in [6.07, 6.45) is 2.65. The minimum Gasteiger partial charge on any atom is -0.387 e. The van der Waals surface area contributed by atoms with Crippen LogP contribution in [0.25, 0.3) is 0 Å². The van der Waals surface area contributed by atoms with Crippen molar-refractivity contribution in [3.05, 3.63) is 47.8 Å². The maximum Gasteiger partial charge on any atom is 0.319 e. The molecule has 1 atom stereocenters. The summed E-state index contributed by atoms with van der Waals surface area (Å²) in [6.45, 7) is 3.70. The van der Waals surface area contributed by atoms with Crippen molar-refractivity contribution < 1.29 is 9.90 Å². The van der Waals surface area contributed by atoms with Crippen molar-refractivity contribution in [1.29, 1.82) is 0 Å². The Morgan fingerprint density at radius 3 is 2.83 bits per heavy atom. The van der Waals surface area contributed by atoms with Crippen molar-refractivity contribution in [1.82, 2.24) is 20.0 Å². The fourth-order valence-corrected chi connectivity index (χ4v) is 2.29. The lowest BCUT2D eigenvalue weighted by atomic mass is 10.0. The number of aliphatic hydroxyl groups excluding tert-OH is 1. The van der Waals surface area contributed by atoms with Gasteiger partial charge in [0.15, 0.2) is 0 Å². The van der Waals surface area contributed by atoms with Crippen molar-refractivity contribution in [2.75, 3.05) is 32.5 Å². The van der Waals surface area contributed by atoms with Crippen molar-refractivity contribution in [3.63, 3.8) is 0 Å². The first-order chi connectivity index (χ1) is 11.5. The first kappa shape index (κ1) is 18.0. The summed E-state index contributed by atoms with van der Waals surface area (Å²) in [7, 11) is 3.99. The molecule has 0 aliphatic carbocycles. The monoisotopic (exact) mass is 331 g/mol. The van der Waals surface area contributed by atoms with Crippen molar-refractivity contribution in [2.24, 2.45) is 0 Å². The standard InChI is InChI=1S/C17H25N5O2/c1-13-6-4-5-7-15(13)16(23)11-18-17(24)20-14-10-19-22(12-14)9-8-21(2)3/h4-7,10,12,16,23H,8-9,11H2,1-3H3,(H2,18,20,24). The quantitative estimate of drug-likeness (QED) is 0.720. The third kappa shape index (κ3) is 5.36. The molecule has 0 radical (unpaired) electrons. The maximum absolute atomic E-state index is 11.9. The van der Waals surface area contributed by atoms with Crippen LogP contribution in [0.2, 0.25) is 0 Å². The van der Waals surface area contributed by atoms with Gasteiger partial charge < -0.3 is 20.6 Å². The normalized spacial score (nSPS) is 12.2. The Morgan fingerprint density at radius 2 is 2.12 bits per heavy atom. The lowest BCUT2D eigenvalue weighted by Gasteiger charge is -2.14. The number of carbonyl (C=O) groups excluding carboxylic acids is 1. The van der Waals surface area contributed by atoms with Gasteiger partial charge in [-0.2, -0.15) is 5.10 Å². The zero-order chi connectivity index (χ0) is 17.5. The number of rotatable bonds is 7. The van der Waals surface area contributed by atoms with Crippen molar-refractivity contribution >= 4 is 11.7 Å². The van der Waals surface area contributed by atoms with E-state index in [1.54, 1.807) is 17.1 Å². The molecule has 2 rings (SSSR count). The Bertz CT molecular complexity index is 669. The Balaban J connectivity index is 1.80. The molecule has 130 valence electrons. The number of benzene rings is 1. The highest BCUT2D eigenvalue weighted by atomic mass is 16.3. The highest BCUT2D eigenvalue weighted by molar-refractivity contribution is 5.88. The van der Waals surface area contributed by atoms with Crippen molar-refractivity contribution in [3.8, 4) is 0 Å². The number of hydrogen-bond donors (Lipinski definition) is 3. The summed E-state index contributed by atoms with van der Waals surface area (Å²) in [5.74, 6) is 0. The van der Waals surface area contributed by atoms with E-state index in [0.29, 0.717) is 5.69 Å². The molecule has 0 fully saturated rings. The predicted molar refractivity (Wildman–Crippen MR) is 93.9 cm³/mol. The number of aliphatic hydroxyl groups is 1. The van der Waals surface area contributed by atoms with Gasteiger partial charge in [0.25, 0.3) is 0 Å². The van der Waals surface area contributed by atoms with Gasteiger partial charge in [0, 0.05) is 19.3 Å². The SMILES string of the molecule is Cc1ccccc1C(O)CNC(=O)Nc1cnn(CCN(C)C)c1. The molecule has 3 N–H and O–H groups in total. The van der Waals surface area contributed by atoms with Crippen molar-refractivity contribution in [2.45, 2.75) is 19.6 Å². The second-order valence-corrected chi connectivity index (χ2v) is 6.00. The Kier molecular flexibility index (Phi) is 6.34. The average molecular weight is 331 g/mol. The molecule has 0 aliphatic rings. The van der Waals surface area contributed by atoms with E-state index in [9.17, 15) is 9.90 Å². The van der Waals surface area contributed by atoms with E-state index in [2.05, 4.69) is 20.6 Å². The number of amides is 2. The molecule has 0 saturated heterocycles. The van der Waals surface area contributed by atoms with Crippen LogP contribution in [0.1, 0.15) is 17.2 Å². The van der Waals surface area contributed by atoms with Crippen LogP contribution in [0.5, 0.6) is 0 Å². The molecule has 1 aromatic heterocycles. The summed E-state index contributed by atoms with van der Waals surface area (Å²) in [4.78, 5) is 14.0. The molecule has 1 aromatic carbocycles. The Morgan fingerprint density at radius 1 is 1.38 bits per heavy atom. The molecule has 0 spiro atoms. The first-order valence-corrected chi connectivity index (χ1v) is 7.91. The first-order valence-electron chi connectivity index (χ1n) is 7.91. The van der Waals surface area contributed by atoms with Crippen LogP contribution in [-0.4, -0.2) is 53.0 Å². The highest BCUT2D eigenvalue weighted by Gasteiger charge is 2.11. The molecule has 2 amide bonds.